The van der Waals surface area contributed by atoms with Gasteiger partial charge in [-0.05, 0) is 31.0 Å². The van der Waals surface area contributed by atoms with E-state index < -0.39 is 5.91 Å². The zero-order chi connectivity index (χ0) is 15.4. The maximum absolute atomic E-state index is 11.9. The number of nitrogens with zero attached hydrogens (tertiary/aromatic N) is 2. The van der Waals surface area contributed by atoms with Crippen molar-refractivity contribution in [2.24, 2.45) is 5.10 Å². The summed E-state index contributed by atoms with van der Waals surface area (Å²) >= 11 is 0. The van der Waals surface area contributed by atoms with Crippen molar-refractivity contribution in [3.8, 4) is 5.75 Å². The number of aromatic amines is 1. The molecular formula is C15H18N4O2. The molecule has 0 spiro atoms. The van der Waals surface area contributed by atoms with Gasteiger partial charge in [-0.25, -0.2) is 5.43 Å². The first-order valence-electron chi connectivity index (χ1n) is 6.67. The summed E-state index contributed by atoms with van der Waals surface area (Å²) in [6.07, 6.45) is 0. The first kappa shape index (κ1) is 14.8. The number of aromatic nitrogens is 2. The van der Waals surface area contributed by atoms with E-state index in [1.165, 1.54) is 0 Å². The van der Waals surface area contributed by atoms with Gasteiger partial charge < -0.3 is 5.11 Å². The van der Waals surface area contributed by atoms with Crippen molar-refractivity contribution in [2.45, 2.75) is 26.7 Å². The topological polar surface area (TPSA) is 90.4 Å². The van der Waals surface area contributed by atoms with Gasteiger partial charge in [0.15, 0.2) is 5.69 Å². The summed E-state index contributed by atoms with van der Waals surface area (Å²) in [5, 5.41) is 20.5. The molecule has 1 amide bonds. The largest absolute Gasteiger partial charge is 0.507 e. The molecule has 1 aromatic carbocycles. The van der Waals surface area contributed by atoms with Gasteiger partial charge >= 0.3 is 0 Å². The smallest absolute Gasteiger partial charge is 0.291 e. The average Bonchev–Trinajstić information content (AvgIpc) is 2.95. The summed E-state index contributed by atoms with van der Waals surface area (Å²) in [5.74, 6) is -0.00617. The number of carbonyl (C=O) groups is 1. The van der Waals surface area contributed by atoms with Gasteiger partial charge in [-0.2, -0.15) is 10.2 Å². The van der Waals surface area contributed by atoms with Crippen LogP contribution in [-0.4, -0.2) is 26.9 Å². The number of hydrazone groups is 1. The third-order valence-corrected chi connectivity index (χ3v) is 3.07. The summed E-state index contributed by atoms with van der Waals surface area (Å²) in [4.78, 5) is 11.9. The lowest BCUT2D eigenvalue weighted by atomic mass is 10.1. The molecule has 0 unspecified atom stereocenters. The minimum Gasteiger partial charge on any atom is -0.507 e. The molecule has 0 aliphatic carbocycles. The second-order valence-corrected chi connectivity index (χ2v) is 5.02. The van der Waals surface area contributed by atoms with Crippen LogP contribution in [0.1, 0.15) is 48.4 Å². The number of hydrogen-bond acceptors (Lipinski definition) is 4. The van der Waals surface area contributed by atoms with Crippen molar-refractivity contribution < 1.29 is 9.90 Å². The van der Waals surface area contributed by atoms with Crippen LogP contribution in [-0.2, 0) is 0 Å². The number of phenols is 1. The lowest BCUT2D eigenvalue weighted by Gasteiger charge is -2.03. The lowest BCUT2D eigenvalue weighted by Crippen LogP contribution is -2.19. The van der Waals surface area contributed by atoms with Crippen LogP contribution in [0.2, 0.25) is 0 Å². The highest BCUT2D eigenvalue weighted by atomic mass is 16.3. The van der Waals surface area contributed by atoms with Crippen LogP contribution in [0.15, 0.2) is 35.4 Å². The Morgan fingerprint density at radius 3 is 2.71 bits per heavy atom. The third kappa shape index (κ3) is 3.47. The Morgan fingerprint density at radius 2 is 2.10 bits per heavy atom. The van der Waals surface area contributed by atoms with E-state index in [4.69, 9.17) is 0 Å². The molecule has 0 saturated heterocycles. The maximum Gasteiger partial charge on any atom is 0.291 e. The molecular weight excluding hydrogens is 268 g/mol. The van der Waals surface area contributed by atoms with Crippen molar-refractivity contribution in [2.75, 3.05) is 0 Å². The number of aromatic hydroxyl groups is 1. The Balaban J connectivity index is 2.09. The van der Waals surface area contributed by atoms with Crippen LogP contribution in [0, 0.1) is 0 Å². The highest BCUT2D eigenvalue weighted by Crippen LogP contribution is 2.16. The number of phenolic OH excluding ortho intramolecular Hbond substituents is 1. The van der Waals surface area contributed by atoms with Crippen molar-refractivity contribution >= 4 is 11.6 Å². The summed E-state index contributed by atoms with van der Waals surface area (Å²) < 4.78 is 0. The first-order chi connectivity index (χ1) is 9.99. The number of para-hydroxylation sites is 1. The zero-order valence-electron chi connectivity index (χ0n) is 12.2. The predicted octanol–water partition coefficient (Wildman–Crippen LogP) is 2.39. The minimum absolute atomic E-state index is 0.120. The molecule has 0 aliphatic heterocycles. The van der Waals surface area contributed by atoms with Crippen molar-refractivity contribution in [3.05, 3.63) is 47.3 Å². The lowest BCUT2D eigenvalue weighted by molar-refractivity contribution is 0.0950. The van der Waals surface area contributed by atoms with Crippen molar-refractivity contribution in [3.63, 3.8) is 0 Å². The minimum atomic E-state index is -0.395. The molecule has 0 bridgehead atoms. The molecule has 3 N–H and O–H groups in total. The normalized spacial score (nSPS) is 11.7. The molecule has 1 aromatic heterocycles. The summed E-state index contributed by atoms with van der Waals surface area (Å²) in [7, 11) is 0. The second-order valence-electron chi connectivity index (χ2n) is 5.02. The van der Waals surface area contributed by atoms with Gasteiger partial charge in [0.1, 0.15) is 5.75 Å². The van der Waals surface area contributed by atoms with Crippen molar-refractivity contribution in [1.82, 2.24) is 15.6 Å². The molecule has 2 rings (SSSR count). The van der Waals surface area contributed by atoms with E-state index >= 15 is 0 Å². The van der Waals surface area contributed by atoms with Crippen LogP contribution in [0.4, 0.5) is 0 Å². The molecule has 0 fully saturated rings. The van der Waals surface area contributed by atoms with Crippen LogP contribution >= 0.6 is 0 Å². The molecule has 6 heteroatoms. The van der Waals surface area contributed by atoms with E-state index in [1.54, 1.807) is 37.3 Å². The fourth-order valence-corrected chi connectivity index (χ4v) is 1.78. The number of rotatable bonds is 4. The summed E-state index contributed by atoms with van der Waals surface area (Å²) in [6.45, 7) is 5.73. The van der Waals surface area contributed by atoms with Crippen LogP contribution in [0.25, 0.3) is 0 Å². The molecule has 6 nitrogen and oxygen atoms in total. The van der Waals surface area contributed by atoms with E-state index in [2.05, 4.69) is 20.7 Å². The number of benzene rings is 1. The van der Waals surface area contributed by atoms with Gasteiger partial charge in [0.25, 0.3) is 5.91 Å². The van der Waals surface area contributed by atoms with Crippen LogP contribution in [0.3, 0.4) is 0 Å². The van der Waals surface area contributed by atoms with Gasteiger partial charge in [0, 0.05) is 11.3 Å². The van der Waals surface area contributed by atoms with Gasteiger partial charge in [-0.1, -0.05) is 26.0 Å². The monoisotopic (exact) mass is 286 g/mol. The number of nitrogens with one attached hydrogen (secondary N) is 2. The Morgan fingerprint density at radius 1 is 1.38 bits per heavy atom. The Bertz CT molecular complexity index is 674. The quantitative estimate of drug-likeness (QED) is 0.595. The van der Waals surface area contributed by atoms with Crippen LogP contribution < -0.4 is 5.43 Å². The van der Waals surface area contributed by atoms with E-state index in [0.717, 1.165) is 5.69 Å². The first-order valence-corrected chi connectivity index (χ1v) is 6.67. The summed E-state index contributed by atoms with van der Waals surface area (Å²) in [6, 6.07) is 8.51. The van der Waals surface area contributed by atoms with Crippen molar-refractivity contribution in [1.29, 1.82) is 0 Å². The molecule has 2 aromatic rings. The number of amides is 1. The Hall–Kier alpha value is -2.63. The molecule has 0 aliphatic rings. The molecule has 0 radical (unpaired) electrons. The fourth-order valence-electron chi connectivity index (χ4n) is 1.78. The van der Waals surface area contributed by atoms with E-state index in [9.17, 15) is 9.90 Å². The van der Waals surface area contributed by atoms with Crippen LogP contribution in [0.5, 0.6) is 5.75 Å². The van der Waals surface area contributed by atoms with E-state index in [0.29, 0.717) is 11.3 Å². The second kappa shape index (κ2) is 6.21. The molecule has 0 atom stereocenters. The predicted molar refractivity (Wildman–Crippen MR) is 80.5 cm³/mol. The molecule has 21 heavy (non-hydrogen) atoms. The van der Waals surface area contributed by atoms with E-state index in [1.807, 2.05) is 13.8 Å². The maximum atomic E-state index is 11.9. The third-order valence-electron chi connectivity index (χ3n) is 3.07. The summed E-state index contributed by atoms with van der Waals surface area (Å²) in [5.41, 5.74) is 4.69. The van der Waals surface area contributed by atoms with Gasteiger partial charge in [-0.3, -0.25) is 9.89 Å². The molecule has 1 heterocycles. The standard InChI is InChI=1S/C15H18N4O2/c1-9(2)12-8-13(18-17-12)15(21)19-16-10(3)11-6-4-5-7-14(11)20/h4-9,20H,1-3H3,(H,17,18)(H,19,21)/b16-10-. The average molecular weight is 286 g/mol. The van der Waals surface area contributed by atoms with Gasteiger partial charge in [0.2, 0.25) is 0 Å². The number of carbonyl (C=O) groups excluding carboxylic acids is 1. The number of H-pyrrole nitrogens is 1. The number of hydrogen-bond donors (Lipinski definition) is 3. The van der Waals surface area contributed by atoms with Gasteiger partial charge in [0.05, 0.1) is 5.71 Å². The SMILES string of the molecule is C/C(=N/NC(=O)c1cc(C(C)C)[nH]n1)c1ccccc1O. The highest BCUT2D eigenvalue weighted by Gasteiger charge is 2.12. The van der Waals surface area contributed by atoms with E-state index in [-0.39, 0.29) is 17.4 Å². The fraction of sp³-hybridized carbons (Fsp3) is 0.267. The Kier molecular flexibility index (Phi) is 4.37. The molecule has 0 saturated carbocycles. The Labute approximate surface area is 122 Å². The van der Waals surface area contributed by atoms with Gasteiger partial charge in [-0.15, -0.1) is 0 Å². The molecule has 110 valence electrons. The zero-order valence-corrected chi connectivity index (χ0v) is 12.2. The highest BCUT2D eigenvalue weighted by molar-refractivity contribution is 6.02.